The molecule has 2 N–H and O–H groups in total. The van der Waals surface area contributed by atoms with E-state index in [4.69, 9.17) is 13.7 Å². The van der Waals surface area contributed by atoms with Gasteiger partial charge in [0, 0.05) is 12.6 Å². The van der Waals surface area contributed by atoms with Crippen molar-refractivity contribution in [2.24, 2.45) is 0 Å². The van der Waals surface area contributed by atoms with Gasteiger partial charge < -0.3 is 24.3 Å². The summed E-state index contributed by atoms with van der Waals surface area (Å²) >= 11 is 0. The highest BCUT2D eigenvalue weighted by Crippen LogP contribution is 2.08. The predicted octanol–water partition coefficient (Wildman–Crippen LogP) is 1.27. The van der Waals surface area contributed by atoms with Gasteiger partial charge in [-0.3, -0.25) is 14.4 Å². The Kier molecular flexibility index (Phi) is 5.72. The Morgan fingerprint density at radius 2 is 2.17 bits per heavy atom. The highest BCUT2D eigenvalue weighted by molar-refractivity contribution is 5.94. The molecule has 1 unspecified atom stereocenters. The van der Waals surface area contributed by atoms with Crippen LogP contribution in [-0.4, -0.2) is 35.6 Å². The number of aromatic nitrogens is 1. The fourth-order valence-corrected chi connectivity index (χ4v) is 1.74. The van der Waals surface area contributed by atoms with Gasteiger partial charge >= 0.3 is 5.97 Å². The molecule has 0 spiro atoms. The normalized spacial score (nSPS) is 11.6. The zero-order valence-electron chi connectivity index (χ0n) is 13.2. The minimum absolute atomic E-state index is 0.0647. The first kappa shape index (κ1) is 17.3. The third-order valence-corrected chi connectivity index (χ3v) is 2.92. The third kappa shape index (κ3) is 4.97. The monoisotopic (exact) mass is 335 g/mol. The first-order chi connectivity index (χ1) is 11.5. The smallest absolute Gasteiger partial charge is 0.308 e. The molecule has 0 aliphatic carbocycles. The lowest BCUT2D eigenvalue weighted by molar-refractivity contribution is -0.153. The molecule has 0 saturated heterocycles. The largest absolute Gasteiger partial charge is 0.459 e. The van der Waals surface area contributed by atoms with Crippen molar-refractivity contribution in [2.75, 3.05) is 11.9 Å². The molecule has 9 nitrogen and oxygen atoms in total. The quantitative estimate of drug-likeness (QED) is 0.730. The molecule has 2 rings (SSSR count). The van der Waals surface area contributed by atoms with Crippen molar-refractivity contribution >= 4 is 23.6 Å². The number of amides is 2. The lowest BCUT2D eigenvalue weighted by Gasteiger charge is -2.12. The summed E-state index contributed by atoms with van der Waals surface area (Å²) in [4.78, 5) is 35.1. The van der Waals surface area contributed by atoms with Crippen molar-refractivity contribution in [1.82, 2.24) is 10.5 Å². The van der Waals surface area contributed by atoms with E-state index in [1.807, 2.05) is 0 Å². The van der Waals surface area contributed by atoms with E-state index in [9.17, 15) is 14.4 Å². The van der Waals surface area contributed by atoms with Gasteiger partial charge in [-0.2, -0.15) is 0 Å². The van der Waals surface area contributed by atoms with Crippen LogP contribution in [0.3, 0.4) is 0 Å². The van der Waals surface area contributed by atoms with Crippen LogP contribution in [-0.2, 0) is 14.3 Å². The van der Waals surface area contributed by atoms with Crippen LogP contribution in [0.1, 0.15) is 29.7 Å². The van der Waals surface area contributed by atoms with Gasteiger partial charge in [0.1, 0.15) is 5.76 Å². The molecule has 1 atom stereocenters. The van der Waals surface area contributed by atoms with Gasteiger partial charge in [0.25, 0.3) is 11.8 Å². The first-order valence-electron chi connectivity index (χ1n) is 7.21. The summed E-state index contributed by atoms with van der Waals surface area (Å²) in [7, 11) is 0. The van der Waals surface area contributed by atoms with Crippen LogP contribution in [0.25, 0.3) is 0 Å². The summed E-state index contributed by atoms with van der Waals surface area (Å²) in [5.74, 6) is -0.641. The Hall–Kier alpha value is -3.10. The van der Waals surface area contributed by atoms with Gasteiger partial charge in [-0.25, -0.2) is 0 Å². The van der Waals surface area contributed by atoms with E-state index in [0.717, 1.165) is 0 Å². The topological polar surface area (TPSA) is 124 Å². The molecular formula is C15H17N3O6. The average Bonchev–Trinajstić information content (AvgIpc) is 3.18. The SMILES string of the molecule is Cc1cc(NC(=O)C(C)OC(=O)CCNC(=O)c2ccco2)no1. The number of furan rings is 1. The molecule has 0 bridgehead atoms. The van der Waals surface area contributed by atoms with Gasteiger partial charge in [0.15, 0.2) is 17.7 Å². The van der Waals surface area contributed by atoms with E-state index in [1.54, 1.807) is 13.0 Å². The van der Waals surface area contributed by atoms with Gasteiger partial charge in [0.2, 0.25) is 0 Å². The first-order valence-corrected chi connectivity index (χ1v) is 7.21. The van der Waals surface area contributed by atoms with E-state index in [0.29, 0.717) is 5.76 Å². The minimum Gasteiger partial charge on any atom is -0.459 e. The summed E-state index contributed by atoms with van der Waals surface area (Å²) in [6.45, 7) is 3.18. The van der Waals surface area contributed by atoms with Gasteiger partial charge in [-0.1, -0.05) is 5.16 Å². The van der Waals surface area contributed by atoms with Gasteiger partial charge in [0.05, 0.1) is 12.7 Å². The fourth-order valence-electron chi connectivity index (χ4n) is 1.74. The van der Waals surface area contributed by atoms with E-state index in [2.05, 4.69) is 15.8 Å². The molecule has 9 heteroatoms. The molecule has 2 aromatic heterocycles. The number of rotatable bonds is 7. The summed E-state index contributed by atoms with van der Waals surface area (Å²) in [5, 5.41) is 8.57. The van der Waals surface area contributed by atoms with Crippen LogP contribution in [0, 0.1) is 6.92 Å². The van der Waals surface area contributed by atoms with E-state index >= 15 is 0 Å². The highest BCUT2D eigenvalue weighted by atomic mass is 16.5. The number of nitrogens with one attached hydrogen (secondary N) is 2. The van der Waals surface area contributed by atoms with Crippen LogP contribution >= 0.6 is 0 Å². The molecule has 24 heavy (non-hydrogen) atoms. The number of nitrogens with zero attached hydrogens (tertiary/aromatic N) is 1. The van der Waals surface area contributed by atoms with Crippen molar-refractivity contribution in [3.05, 3.63) is 36.0 Å². The van der Waals surface area contributed by atoms with Crippen LogP contribution < -0.4 is 10.6 Å². The Morgan fingerprint density at radius 1 is 1.38 bits per heavy atom. The van der Waals surface area contributed by atoms with E-state index in [1.165, 1.54) is 25.3 Å². The van der Waals surface area contributed by atoms with Crippen LogP contribution in [0.4, 0.5) is 5.82 Å². The molecule has 0 fully saturated rings. The summed E-state index contributed by atoms with van der Waals surface area (Å²) in [6.07, 6.45) is 0.294. The number of aryl methyl sites for hydroxylation is 1. The molecule has 0 aliphatic rings. The van der Waals surface area contributed by atoms with Crippen molar-refractivity contribution < 1.29 is 28.1 Å². The molecule has 0 saturated carbocycles. The third-order valence-electron chi connectivity index (χ3n) is 2.92. The second-order valence-electron chi connectivity index (χ2n) is 4.93. The lowest BCUT2D eigenvalue weighted by atomic mass is 10.3. The van der Waals surface area contributed by atoms with Crippen molar-refractivity contribution in [1.29, 1.82) is 0 Å². The average molecular weight is 335 g/mol. The van der Waals surface area contributed by atoms with E-state index in [-0.39, 0.29) is 24.5 Å². The summed E-state index contributed by atoms with van der Waals surface area (Å²) in [5.41, 5.74) is 0. The fraction of sp³-hybridized carbons (Fsp3) is 0.333. The molecule has 0 radical (unpaired) electrons. The number of hydrogen-bond donors (Lipinski definition) is 2. The number of carbonyl (C=O) groups excluding carboxylic acids is 3. The lowest BCUT2D eigenvalue weighted by Crippen LogP contribution is -2.32. The van der Waals surface area contributed by atoms with Crippen LogP contribution in [0.5, 0.6) is 0 Å². The molecule has 0 aliphatic heterocycles. The second kappa shape index (κ2) is 7.95. The zero-order chi connectivity index (χ0) is 17.5. The standard InChI is InChI=1S/C15H17N3O6/c1-9-8-12(18-24-9)17-14(20)10(2)23-13(19)5-6-16-15(21)11-4-3-7-22-11/h3-4,7-8,10H,5-6H2,1-2H3,(H,16,21)(H,17,18,20). The predicted molar refractivity (Wildman–Crippen MR) is 81.1 cm³/mol. The molecule has 2 aromatic rings. The van der Waals surface area contributed by atoms with Crippen molar-refractivity contribution in [3.63, 3.8) is 0 Å². The number of carbonyl (C=O) groups is 3. The van der Waals surface area contributed by atoms with Gasteiger partial charge in [-0.05, 0) is 26.0 Å². The second-order valence-corrected chi connectivity index (χ2v) is 4.93. The molecule has 0 aromatic carbocycles. The maximum atomic E-state index is 11.8. The number of esters is 1. The Balaban J connectivity index is 1.69. The minimum atomic E-state index is -1.00. The van der Waals surface area contributed by atoms with Crippen LogP contribution in [0.2, 0.25) is 0 Å². The Morgan fingerprint density at radius 3 is 2.79 bits per heavy atom. The maximum Gasteiger partial charge on any atom is 0.308 e. The molecular weight excluding hydrogens is 318 g/mol. The van der Waals surface area contributed by atoms with Crippen molar-refractivity contribution in [2.45, 2.75) is 26.4 Å². The number of hydrogen-bond acceptors (Lipinski definition) is 7. The Labute approximate surface area is 137 Å². The molecule has 2 heterocycles. The summed E-state index contributed by atoms with van der Waals surface area (Å²) < 4.78 is 14.7. The highest BCUT2D eigenvalue weighted by Gasteiger charge is 2.19. The number of anilines is 1. The maximum absolute atomic E-state index is 11.8. The Bertz CT molecular complexity index is 707. The molecule has 2 amide bonds. The van der Waals surface area contributed by atoms with Crippen molar-refractivity contribution in [3.8, 4) is 0 Å². The van der Waals surface area contributed by atoms with Crippen LogP contribution in [0.15, 0.2) is 33.4 Å². The number of ether oxygens (including phenoxy) is 1. The summed E-state index contributed by atoms with van der Waals surface area (Å²) in [6, 6.07) is 4.63. The zero-order valence-corrected chi connectivity index (χ0v) is 13.2. The molecule has 128 valence electrons. The van der Waals surface area contributed by atoms with E-state index < -0.39 is 23.9 Å². The van der Waals surface area contributed by atoms with Gasteiger partial charge in [-0.15, -0.1) is 0 Å².